The summed E-state index contributed by atoms with van der Waals surface area (Å²) >= 11 is 6.28. The molecule has 0 aliphatic carbocycles. The third-order valence-electron chi connectivity index (χ3n) is 3.00. The van der Waals surface area contributed by atoms with Crippen LogP contribution in [0.5, 0.6) is 0 Å². The van der Waals surface area contributed by atoms with Crippen LogP contribution in [0.2, 0.25) is 5.02 Å². The number of pyridine rings is 1. The first-order valence-corrected chi connectivity index (χ1v) is 6.25. The summed E-state index contributed by atoms with van der Waals surface area (Å²) in [5.74, 6) is 0. The summed E-state index contributed by atoms with van der Waals surface area (Å²) in [5, 5.41) is 1.76. The van der Waals surface area contributed by atoms with Crippen molar-refractivity contribution in [2.75, 3.05) is 0 Å². The maximum Gasteiger partial charge on any atom is 0.0798 e. The molecule has 0 amide bonds. The van der Waals surface area contributed by atoms with Gasteiger partial charge in [-0.15, -0.1) is 0 Å². The van der Waals surface area contributed by atoms with Crippen molar-refractivity contribution in [3.63, 3.8) is 0 Å². The molecule has 0 N–H and O–H groups in total. The molecule has 0 radical (unpaired) electrons. The molecule has 0 aliphatic rings. The first-order chi connectivity index (χ1) is 8.75. The lowest BCUT2D eigenvalue weighted by Gasteiger charge is -2.08. The minimum absolute atomic E-state index is 0.760. The van der Waals surface area contributed by atoms with Crippen molar-refractivity contribution >= 4 is 22.5 Å². The summed E-state index contributed by atoms with van der Waals surface area (Å²) in [6, 6.07) is 18.3. The Hall–Kier alpha value is -1.86. The van der Waals surface area contributed by atoms with Crippen LogP contribution < -0.4 is 0 Å². The predicted molar refractivity (Wildman–Crippen MR) is 76.9 cm³/mol. The lowest BCUT2D eigenvalue weighted by molar-refractivity contribution is 1.26. The van der Waals surface area contributed by atoms with Crippen molar-refractivity contribution in [2.24, 2.45) is 0 Å². The fourth-order valence-corrected chi connectivity index (χ4v) is 2.49. The van der Waals surface area contributed by atoms with Gasteiger partial charge in [0.25, 0.3) is 0 Å². The fourth-order valence-electron chi connectivity index (χ4n) is 2.18. The van der Waals surface area contributed by atoms with Crippen LogP contribution in [0, 0.1) is 6.92 Å². The van der Waals surface area contributed by atoms with Gasteiger partial charge in [-0.2, -0.15) is 0 Å². The van der Waals surface area contributed by atoms with E-state index in [1.807, 2.05) is 43.3 Å². The molecule has 0 fully saturated rings. The highest BCUT2D eigenvalue weighted by atomic mass is 35.5. The zero-order valence-corrected chi connectivity index (χ0v) is 10.8. The van der Waals surface area contributed by atoms with Gasteiger partial charge in [0.1, 0.15) is 0 Å². The van der Waals surface area contributed by atoms with Gasteiger partial charge in [0.05, 0.1) is 10.5 Å². The second-order valence-corrected chi connectivity index (χ2v) is 4.72. The van der Waals surface area contributed by atoms with E-state index >= 15 is 0 Å². The van der Waals surface area contributed by atoms with Crippen molar-refractivity contribution in [1.82, 2.24) is 4.98 Å². The lowest BCUT2D eigenvalue weighted by Crippen LogP contribution is -1.88. The Kier molecular flexibility index (Phi) is 2.77. The summed E-state index contributed by atoms with van der Waals surface area (Å²) in [7, 11) is 0. The largest absolute Gasteiger partial charge is 0.252 e. The summed E-state index contributed by atoms with van der Waals surface area (Å²) in [4.78, 5) is 4.63. The first-order valence-electron chi connectivity index (χ1n) is 5.87. The number of fused-ring (bicyclic) bond motifs is 1. The quantitative estimate of drug-likeness (QED) is 0.603. The number of rotatable bonds is 1. The smallest absolute Gasteiger partial charge is 0.0798 e. The molecular weight excluding hydrogens is 242 g/mol. The van der Waals surface area contributed by atoms with Crippen molar-refractivity contribution in [1.29, 1.82) is 0 Å². The zero-order chi connectivity index (χ0) is 12.5. The molecule has 3 aromatic rings. The van der Waals surface area contributed by atoms with Gasteiger partial charge in [-0.3, -0.25) is 4.98 Å². The van der Waals surface area contributed by atoms with Gasteiger partial charge < -0.3 is 0 Å². The van der Waals surface area contributed by atoms with E-state index in [1.165, 1.54) is 0 Å². The summed E-state index contributed by atoms with van der Waals surface area (Å²) in [6.07, 6.45) is 0. The summed E-state index contributed by atoms with van der Waals surface area (Å²) in [6.45, 7) is 1.97. The third kappa shape index (κ3) is 1.87. The Morgan fingerprint density at radius 1 is 0.944 bits per heavy atom. The minimum atomic E-state index is 0.760. The molecular formula is C16H12ClN. The van der Waals surface area contributed by atoms with E-state index in [1.54, 1.807) is 0 Å². The zero-order valence-electron chi connectivity index (χ0n) is 10.0. The maximum atomic E-state index is 6.28. The minimum Gasteiger partial charge on any atom is -0.252 e. The molecule has 18 heavy (non-hydrogen) atoms. The van der Waals surface area contributed by atoms with E-state index in [9.17, 15) is 0 Å². The van der Waals surface area contributed by atoms with Crippen molar-refractivity contribution < 1.29 is 0 Å². The second kappa shape index (κ2) is 4.43. The number of aryl methyl sites for hydroxylation is 1. The van der Waals surface area contributed by atoms with Crippen LogP contribution in [0.25, 0.3) is 22.0 Å². The molecule has 3 rings (SSSR count). The number of aromatic nitrogens is 1. The molecule has 0 saturated heterocycles. The average Bonchev–Trinajstić information content (AvgIpc) is 2.39. The number of benzene rings is 2. The van der Waals surface area contributed by atoms with E-state index in [2.05, 4.69) is 23.2 Å². The van der Waals surface area contributed by atoms with E-state index in [0.29, 0.717) is 0 Å². The van der Waals surface area contributed by atoms with Crippen molar-refractivity contribution in [3.8, 4) is 11.1 Å². The van der Waals surface area contributed by atoms with Crippen molar-refractivity contribution in [2.45, 2.75) is 6.92 Å². The van der Waals surface area contributed by atoms with Crippen LogP contribution in [0.1, 0.15) is 5.69 Å². The van der Waals surface area contributed by atoms with Gasteiger partial charge >= 0.3 is 0 Å². The average molecular weight is 254 g/mol. The highest BCUT2D eigenvalue weighted by molar-refractivity contribution is 6.35. The Morgan fingerprint density at radius 3 is 2.50 bits per heavy atom. The number of nitrogens with zero attached hydrogens (tertiary/aromatic N) is 1. The molecule has 1 nitrogen and oxygen atoms in total. The van der Waals surface area contributed by atoms with Crippen LogP contribution in [-0.2, 0) is 0 Å². The Balaban J connectivity index is 2.37. The predicted octanol–water partition coefficient (Wildman–Crippen LogP) is 4.86. The highest BCUT2D eigenvalue weighted by Gasteiger charge is 2.07. The molecule has 88 valence electrons. The van der Waals surface area contributed by atoms with Gasteiger partial charge in [-0.25, -0.2) is 0 Å². The van der Waals surface area contributed by atoms with Gasteiger partial charge in [0.2, 0.25) is 0 Å². The fraction of sp³-hybridized carbons (Fsp3) is 0.0625. The lowest BCUT2D eigenvalue weighted by atomic mass is 10.0. The molecule has 1 heterocycles. The van der Waals surface area contributed by atoms with Gasteiger partial charge in [-0.1, -0.05) is 60.1 Å². The third-order valence-corrected chi connectivity index (χ3v) is 3.31. The molecule has 1 aromatic heterocycles. The Morgan fingerprint density at radius 2 is 1.72 bits per heavy atom. The number of para-hydroxylation sites is 1. The Bertz CT molecular complexity index is 705. The molecule has 2 heteroatoms. The highest BCUT2D eigenvalue weighted by Crippen LogP contribution is 2.31. The number of halogens is 1. The Labute approximate surface area is 111 Å². The van der Waals surface area contributed by atoms with E-state index in [-0.39, 0.29) is 0 Å². The van der Waals surface area contributed by atoms with E-state index < -0.39 is 0 Å². The standard InChI is InChI=1S/C16H12ClN/c1-11-10-15(17)14-9-5-8-13(16(14)18-11)12-6-3-2-4-7-12/h2-10H,1H3. The normalized spacial score (nSPS) is 10.8. The first kappa shape index (κ1) is 11.2. The number of hydrogen-bond donors (Lipinski definition) is 0. The molecule has 0 saturated carbocycles. The van der Waals surface area contributed by atoms with Crippen LogP contribution >= 0.6 is 11.6 Å². The molecule has 0 aliphatic heterocycles. The van der Waals surface area contributed by atoms with Crippen molar-refractivity contribution in [3.05, 3.63) is 65.3 Å². The van der Waals surface area contributed by atoms with Crippen LogP contribution in [0.4, 0.5) is 0 Å². The van der Waals surface area contributed by atoms with E-state index in [4.69, 9.17) is 11.6 Å². The second-order valence-electron chi connectivity index (χ2n) is 4.31. The molecule has 0 spiro atoms. The van der Waals surface area contributed by atoms with E-state index in [0.717, 1.165) is 32.7 Å². The molecule has 0 unspecified atom stereocenters. The van der Waals surface area contributed by atoms with Crippen LogP contribution in [-0.4, -0.2) is 4.98 Å². The van der Waals surface area contributed by atoms with Gasteiger partial charge in [0.15, 0.2) is 0 Å². The van der Waals surface area contributed by atoms with Crippen LogP contribution in [0.15, 0.2) is 54.6 Å². The summed E-state index contributed by atoms with van der Waals surface area (Å²) in [5.41, 5.74) is 4.19. The molecule has 2 aromatic carbocycles. The van der Waals surface area contributed by atoms with Gasteiger partial charge in [-0.05, 0) is 18.6 Å². The van der Waals surface area contributed by atoms with Gasteiger partial charge in [0, 0.05) is 16.6 Å². The number of hydrogen-bond acceptors (Lipinski definition) is 1. The monoisotopic (exact) mass is 253 g/mol. The molecule has 0 bridgehead atoms. The van der Waals surface area contributed by atoms with Crippen LogP contribution in [0.3, 0.4) is 0 Å². The SMILES string of the molecule is Cc1cc(Cl)c2cccc(-c3ccccc3)c2n1. The maximum absolute atomic E-state index is 6.28. The topological polar surface area (TPSA) is 12.9 Å². The summed E-state index contributed by atoms with van der Waals surface area (Å²) < 4.78 is 0. The molecule has 0 atom stereocenters.